The quantitative estimate of drug-likeness (QED) is 0.716. The van der Waals surface area contributed by atoms with Gasteiger partial charge < -0.3 is 15.4 Å². The zero-order valence-electron chi connectivity index (χ0n) is 12.3. The molecule has 0 bridgehead atoms. The minimum atomic E-state index is -0.344. The third-order valence-corrected chi connectivity index (χ3v) is 3.09. The van der Waals surface area contributed by atoms with Gasteiger partial charge >= 0.3 is 5.97 Å². The molecule has 1 aromatic carbocycles. The van der Waals surface area contributed by atoms with Crippen LogP contribution >= 0.6 is 0 Å². The Kier molecular flexibility index (Phi) is 5.16. The topological polar surface area (TPSA) is 79.5 Å². The standard InChI is InChI=1S/C15H21N3O3/c1-3-7-21-14(20)11-5-4-6-12(9-11)17-15-16-10(2)8-13(19)18-15/h4-6,9-10,15-17H,3,7-8H2,1-2H3,(H,18,19). The molecule has 2 rings (SSSR count). The van der Waals surface area contributed by atoms with Crippen molar-refractivity contribution in [2.24, 2.45) is 0 Å². The molecule has 1 aliphatic heterocycles. The van der Waals surface area contributed by atoms with E-state index in [0.717, 1.165) is 12.1 Å². The summed E-state index contributed by atoms with van der Waals surface area (Å²) in [6, 6.07) is 7.14. The van der Waals surface area contributed by atoms with Gasteiger partial charge in [-0.1, -0.05) is 13.0 Å². The van der Waals surface area contributed by atoms with Crippen LogP contribution in [0.15, 0.2) is 24.3 Å². The van der Waals surface area contributed by atoms with E-state index in [4.69, 9.17) is 4.74 Å². The van der Waals surface area contributed by atoms with Gasteiger partial charge in [0.25, 0.3) is 0 Å². The molecule has 3 N–H and O–H groups in total. The first kappa shape index (κ1) is 15.3. The first-order valence-corrected chi connectivity index (χ1v) is 7.17. The number of hydrogen-bond acceptors (Lipinski definition) is 5. The SMILES string of the molecule is CCCOC(=O)c1cccc(NC2NC(=O)CC(C)N2)c1. The molecule has 0 aromatic heterocycles. The molecule has 1 aliphatic rings. The maximum Gasteiger partial charge on any atom is 0.338 e. The summed E-state index contributed by atoms with van der Waals surface area (Å²) in [6.45, 7) is 4.31. The molecular formula is C15H21N3O3. The number of nitrogens with one attached hydrogen (secondary N) is 3. The van der Waals surface area contributed by atoms with Gasteiger partial charge in [0, 0.05) is 18.2 Å². The summed E-state index contributed by atoms with van der Waals surface area (Å²) >= 11 is 0. The Bertz CT molecular complexity index is 519. The molecule has 1 heterocycles. The van der Waals surface area contributed by atoms with Crippen LogP contribution in [0.5, 0.6) is 0 Å². The lowest BCUT2D eigenvalue weighted by molar-refractivity contribution is -0.123. The molecule has 21 heavy (non-hydrogen) atoms. The number of carbonyl (C=O) groups excluding carboxylic acids is 2. The van der Waals surface area contributed by atoms with Gasteiger partial charge in [-0.15, -0.1) is 0 Å². The van der Waals surface area contributed by atoms with E-state index >= 15 is 0 Å². The van der Waals surface area contributed by atoms with Crippen LogP contribution in [0.2, 0.25) is 0 Å². The molecule has 2 atom stereocenters. The highest BCUT2D eigenvalue weighted by molar-refractivity contribution is 5.90. The molecule has 0 saturated carbocycles. The summed E-state index contributed by atoms with van der Waals surface area (Å²) in [6.07, 6.45) is 0.907. The van der Waals surface area contributed by atoms with E-state index in [0.29, 0.717) is 18.6 Å². The van der Waals surface area contributed by atoms with Crippen molar-refractivity contribution >= 4 is 17.6 Å². The van der Waals surface area contributed by atoms with E-state index in [9.17, 15) is 9.59 Å². The summed E-state index contributed by atoms with van der Waals surface area (Å²) in [4.78, 5) is 23.3. The lowest BCUT2D eigenvalue weighted by atomic mass is 10.2. The highest BCUT2D eigenvalue weighted by atomic mass is 16.5. The Morgan fingerprint density at radius 2 is 2.29 bits per heavy atom. The fourth-order valence-corrected chi connectivity index (χ4v) is 2.14. The van der Waals surface area contributed by atoms with Gasteiger partial charge in [0.1, 0.15) is 0 Å². The average Bonchev–Trinajstić information content (AvgIpc) is 2.44. The van der Waals surface area contributed by atoms with Crippen molar-refractivity contribution in [1.29, 1.82) is 0 Å². The second-order valence-corrected chi connectivity index (χ2v) is 5.13. The normalized spacial score (nSPS) is 21.5. The summed E-state index contributed by atoms with van der Waals surface area (Å²) in [5.41, 5.74) is 1.23. The molecule has 0 spiro atoms. The van der Waals surface area contributed by atoms with Gasteiger partial charge in [-0.2, -0.15) is 0 Å². The third-order valence-electron chi connectivity index (χ3n) is 3.09. The minimum Gasteiger partial charge on any atom is -0.462 e. The fourth-order valence-electron chi connectivity index (χ4n) is 2.14. The Morgan fingerprint density at radius 1 is 1.48 bits per heavy atom. The molecule has 1 aromatic rings. The second-order valence-electron chi connectivity index (χ2n) is 5.13. The predicted molar refractivity (Wildman–Crippen MR) is 79.8 cm³/mol. The monoisotopic (exact) mass is 291 g/mol. The molecule has 1 fully saturated rings. The summed E-state index contributed by atoms with van der Waals surface area (Å²) in [5.74, 6) is -0.341. The predicted octanol–water partition coefficient (Wildman–Crippen LogP) is 1.45. The molecular weight excluding hydrogens is 270 g/mol. The number of hydrogen-bond donors (Lipinski definition) is 3. The van der Waals surface area contributed by atoms with Gasteiger partial charge in [0.2, 0.25) is 5.91 Å². The molecule has 1 saturated heterocycles. The van der Waals surface area contributed by atoms with E-state index in [1.807, 2.05) is 19.9 Å². The molecule has 6 nitrogen and oxygen atoms in total. The molecule has 6 heteroatoms. The highest BCUT2D eigenvalue weighted by Gasteiger charge is 2.22. The van der Waals surface area contributed by atoms with Crippen LogP contribution in [-0.2, 0) is 9.53 Å². The number of ether oxygens (including phenoxy) is 1. The van der Waals surface area contributed by atoms with Crippen molar-refractivity contribution in [2.75, 3.05) is 11.9 Å². The van der Waals surface area contributed by atoms with Crippen molar-refractivity contribution in [1.82, 2.24) is 10.6 Å². The van der Waals surface area contributed by atoms with Gasteiger partial charge in [-0.3, -0.25) is 10.1 Å². The summed E-state index contributed by atoms with van der Waals surface area (Å²) in [7, 11) is 0. The highest BCUT2D eigenvalue weighted by Crippen LogP contribution is 2.13. The molecule has 0 aliphatic carbocycles. The number of benzene rings is 1. The van der Waals surface area contributed by atoms with Gasteiger partial charge in [-0.25, -0.2) is 4.79 Å². The van der Waals surface area contributed by atoms with Gasteiger partial charge in [0.15, 0.2) is 6.29 Å². The van der Waals surface area contributed by atoms with E-state index in [-0.39, 0.29) is 24.2 Å². The van der Waals surface area contributed by atoms with Gasteiger partial charge in [0.05, 0.1) is 12.2 Å². The van der Waals surface area contributed by atoms with Crippen molar-refractivity contribution in [3.63, 3.8) is 0 Å². The maximum absolute atomic E-state index is 11.8. The number of carbonyl (C=O) groups is 2. The van der Waals surface area contributed by atoms with Crippen molar-refractivity contribution < 1.29 is 14.3 Å². The number of anilines is 1. The van der Waals surface area contributed by atoms with E-state index in [1.54, 1.807) is 18.2 Å². The first-order chi connectivity index (χ1) is 10.1. The van der Waals surface area contributed by atoms with Crippen LogP contribution in [0.1, 0.15) is 37.0 Å². The van der Waals surface area contributed by atoms with E-state index in [1.165, 1.54) is 0 Å². The zero-order valence-corrected chi connectivity index (χ0v) is 12.3. The van der Waals surface area contributed by atoms with Crippen LogP contribution in [-0.4, -0.2) is 30.8 Å². The molecule has 2 unspecified atom stereocenters. The summed E-state index contributed by atoms with van der Waals surface area (Å²) in [5, 5.41) is 9.16. The average molecular weight is 291 g/mol. The Balaban J connectivity index is 2.00. The van der Waals surface area contributed by atoms with E-state index < -0.39 is 0 Å². The van der Waals surface area contributed by atoms with Crippen LogP contribution in [0.4, 0.5) is 5.69 Å². The van der Waals surface area contributed by atoms with Crippen LogP contribution in [0.25, 0.3) is 0 Å². The number of esters is 1. The minimum absolute atomic E-state index is 0.00254. The fraction of sp³-hybridized carbons (Fsp3) is 0.467. The largest absolute Gasteiger partial charge is 0.462 e. The Hall–Kier alpha value is -2.08. The van der Waals surface area contributed by atoms with Crippen LogP contribution in [0, 0.1) is 0 Å². The van der Waals surface area contributed by atoms with Crippen LogP contribution in [0.3, 0.4) is 0 Å². The Morgan fingerprint density at radius 3 is 3.00 bits per heavy atom. The smallest absolute Gasteiger partial charge is 0.338 e. The zero-order chi connectivity index (χ0) is 15.2. The summed E-state index contributed by atoms with van der Waals surface area (Å²) < 4.78 is 5.10. The molecule has 1 amide bonds. The maximum atomic E-state index is 11.8. The lowest BCUT2D eigenvalue weighted by Gasteiger charge is -2.30. The number of amides is 1. The van der Waals surface area contributed by atoms with Crippen molar-refractivity contribution in [3.05, 3.63) is 29.8 Å². The molecule has 114 valence electrons. The van der Waals surface area contributed by atoms with Gasteiger partial charge in [-0.05, 0) is 31.5 Å². The van der Waals surface area contributed by atoms with Crippen LogP contribution < -0.4 is 16.0 Å². The third kappa shape index (κ3) is 4.46. The van der Waals surface area contributed by atoms with Crippen molar-refractivity contribution in [2.45, 2.75) is 39.0 Å². The lowest BCUT2D eigenvalue weighted by Crippen LogP contribution is -2.59. The first-order valence-electron chi connectivity index (χ1n) is 7.17. The van der Waals surface area contributed by atoms with E-state index in [2.05, 4.69) is 16.0 Å². The number of rotatable bonds is 5. The molecule has 0 radical (unpaired) electrons. The second kappa shape index (κ2) is 7.08. The van der Waals surface area contributed by atoms with Crippen molar-refractivity contribution in [3.8, 4) is 0 Å². The Labute approximate surface area is 124 Å².